The molecule has 8 nitrogen and oxygen atoms in total. The first kappa shape index (κ1) is 20.9. The van der Waals surface area contributed by atoms with Crippen LogP contribution in [0.2, 0.25) is 5.02 Å². The lowest BCUT2D eigenvalue weighted by Crippen LogP contribution is -2.54. The first-order valence-electron chi connectivity index (χ1n) is 8.74. The van der Waals surface area contributed by atoms with E-state index < -0.39 is 12.3 Å². The fourth-order valence-electron chi connectivity index (χ4n) is 3.39. The zero-order valence-electron chi connectivity index (χ0n) is 15.8. The first-order valence-corrected chi connectivity index (χ1v) is 9.91. The summed E-state index contributed by atoms with van der Waals surface area (Å²) in [6.45, 7) is 5.66. The van der Waals surface area contributed by atoms with Gasteiger partial charge in [-0.25, -0.2) is 9.48 Å². The fourth-order valence-corrected chi connectivity index (χ4v) is 4.02. The summed E-state index contributed by atoms with van der Waals surface area (Å²) >= 11 is 9.35. The van der Waals surface area contributed by atoms with Crippen molar-refractivity contribution >= 4 is 39.2 Å². The van der Waals surface area contributed by atoms with Crippen molar-refractivity contribution < 1.29 is 19.7 Å². The minimum atomic E-state index is -1.14. The number of benzene rings is 1. The van der Waals surface area contributed by atoms with Gasteiger partial charge in [-0.2, -0.15) is 5.10 Å². The van der Waals surface area contributed by atoms with Crippen LogP contribution in [0.3, 0.4) is 0 Å². The molecule has 0 spiro atoms. The number of hydrogen-bond donors (Lipinski definition) is 2. The van der Waals surface area contributed by atoms with Gasteiger partial charge in [-0.05, 0) is 41.9 Å². The van der Waals surface area contributed by atoms with Crippen LogP contribution in [0, 0.1) is 6.92 Å². The lowest BCUT2D eigenvalue weighted by molar-refractivity contribution is -0.0878. The van der Waals surface area contributed by atoms with Gasteiger partial charge in [0.1, 0.15) is 5.75 Å². The summed E-state index contributed by atoms with van der Waals surface area (Å²) in [4.78, 5) is 15.4. The first-order chi connectivity index (χ1) is 13.2. The number of piperazine rings is 1. The molecule has 0 bridgehead atoms. The van der Waals surface area contributed by atoms with E-state index in [9.17, 15) is 15.0 Å². The van der Waals surface area contributed by atoms with Crippen LogP contribution in [0.1, 0.15) is 29.5 Å². The molecule has 3 rings (SSSR count). The van der Waals surface area contributed by atoms with E-state index in [2.05, 4.69) is 25.9 Å². The Morgan fingerprint density at radius 2 is 2.14 bits per heavy atom. The molecule has 28 heavy (non-hydrogen) atoms. The van der Waals surface area contributed by atoms with Gasteiger partial charge in [0.05, 0.1) is 22.3 Å². The minimum Gasteiger partial charge on any atom is -0.495 e. The van der Waals surface area contributed by atoms with Gasteiger partial charge in [0.15, 0.2) is 5.69 Å². The monoisotopic (exact) mass is 472 g/mol. The highest BCUT2D eigenvalue weighted by Crippen LogP contribution is 2.31. The number of hydrogen-bond acceptors (Lipinski definition) is 6. The summed E-state index contributed by atoms with van der Waals surface area (Å²) in [5, 5.41) is 24.7. The number of methoxy groups -OCH3 is 1. The molecule has 1 fully saturated rings. The number of ether oxygens (including phenoxy) is 1. The molecule has 1 aliphatic rings. The molecular weight excluding hydrogens is 452 g/mol. The Morgan fingerprint density at radius 1 is 1.43 bits per heavy atom. The molecule has 1 aromatic heterocycles. The number of carboxylic acid groups (broad SMARTS) is 1. The Bertz CT molecular complexity index is 891. The van der Waals surface area contributed by atoms with E-state index in [0.717, 1.165) is 5.69 Å². The molecule has 2 aromatic rings. The summed E-state index contributed by atoms with van der Waals surface area (Å²) in [6.07, 6.45) is -1.05. The number of halogens is 2. The molecule has 0 aliphatic carbocycles. The number of anilines is 1. The van der Waals surface area contributed by atoms with Gasteiger partial charge in [0.25, 0.3) is 0 Å². The topological polar surface area (TPSA) is 91.1 Å². The fraction of sp³-hybridized carbons (Fsp3) is 0.444. The average molecular weight is 474 g/mol. The van der Waals surface area contributed by atoms with Crippen molar-refractivity contribution in [1.29, 1.82) is 0 Å². The Balaban J connectivity index is 1.77. The van der Waals surface area contributed by atoms with Gasteiger partial charge < -0.3 is 19.8 Å². The Morgan fingerprint density at radius 3 is 2.71 bits per heavy atom. The van der Waals surface area contributed by atoms with Crippen molar-refractivity contribution in [2.75, 3.05) is 31.6 Å². The molecule has 1 saturated heterocycles. The number of rotatable bonds is 5. The lowest BCUT2D eigenvalue weighted by Gasteiger charge is -2.43. The van der Waals surface area contributed by atoms with Crippen molar-refractivity contribution in [3.8, 4) is 5.75 Å². The number of aliphatic hydroxyl groups is 1. The molecule has 10 heteroatoms. The van der Waals surface area contributed by atoms with Crippen LogP contribution in [0.5, 0.6) is 5.75 Å². The standard InChI is InChI=1S/C18H22BrClN4O4/c1-10-9-22(12-4-5-13(20)14(8-12)28-3)6-7-23(10)18(27)24-11(2)15(19)16(21-24)17(25)26/h4-5,8,10,18,27H,6-7,9H2,1-3H3,(H,25,26). The molecule has 1 aliphatic heterocycles. The third-order valence-electron chi connectivity index (χ3n) is 4.97. The summed E-state index contributed by atoms with van der Waals surface area (Å²) in [7, 11) is 1.58. The van der Waals surface area contributed by atoms with E-state index in [0.29, 0.717) is 40.6 Å². The summed E-state index contributed by atoms with van der Waals surface area (Å²) in [5.41, 5.74) is 1.44. The largest absolute Gasteiger partial charge is 0.495 e. The van der Waals surface area contributed by atoms with Crippen molar-refractivity contribution in [3.05, 3.63) is 39.1 Å². The summed E-state index contributed by atoms with van der Waals surface area (Å²) < 4.78 is 7.01. The van der Waals surface area contributed by atoms with Gasteiger partial charge >= 0.3 is 5.97 Å². The number of aromatic carboxylic acids is 1. The molecule has 2 unspecified atom stereocenters. The van der Waals surface area contributed by atoms with Crippen molar-refractivity contribution in [3.63, 3.8) is 0 Å². The summed E-state index contributed by atoms with van der Waals surface area (Å²) in [6, 6.07) is 5.65. The van der Waals surface area contributed by atoms with Crippen molar-refractivity contribution in [2.45, 2.75) is 26.2 Å². The quantitative estimate of drug-likeness (QED) is 0.690. The molecule has 1 aromatic carbocycles. The second kappa shape index (κ2) is 8.28. The molecule has 2 atom stereocenters. The zero-order valence-corrected chi connectivity index (χ0v) is 18.1. The highest BCUT2D eigenvalue weighted by molar-refractivity contribution is 9.10. The summed E-state index contributed by atoms with van der Waals surface area (Å²) in [5.74, 6) is -0.525. The maximum absolute atomic E-state index is 11.3. The number of carbonyl (C=O) groups is 1. The number of aromatic nitrogens is 2. The predicted molar refractivity (Wildman–Crippen MR) is 109 cm³/mol. The predicted octanol–water partition coefficient (Wildman–Crippen LogP) is 2.97. The van der Waals surface area contributed by atoms with E-state index >= 15 is 0 Å². The van der Waals surface area contributed by atoms with E-state index in [1.54, 1.807) is 20.1 Å². The number of nitrogens with zero attached hydrogens (tertiary/aromatic N) is 4. The molecule has 0 saturated carbocycles. The molecular formula is C18H22BrClN4O4. The molecule has 2 heterocycles. The molecule has 152 valence electrons. The van der Waals surface area contributed by atoms with Crippen LogP contribution in [0.25, 0.3) is 0 Å². The molecule has 0 amide bonds. The smallest absolute Gasteiger partial charge is 0.357 e. The Hall–Kier alpha value is -1.81. The van der Waals surface area contributed by atoms with Gasteiger partial charge in [-0.3, -0.25) is 4.90 Å². The average Bonchev–Trinajstić information content (AvgIpc) is 2.97. The highest BCUT2D eigenvalue weighted by atomic mass is 79.9. The van der Waals surface area contributed by atoms with Crippen molar-refractivity contribution in [1.82, 2.24) is 14.7 Å². The van der Waals surface area contributed by atoms with Gasteiger partial charge in [0, 0.05) is 37.4 Å². The Labute approximate surface area is 176 Å². The van der Waals surface area contributed by atoms with Crippen LogP contribution >= 0.6 is 27.5 Å². The second-order valence-electron chi connectivity index (χ2n) is 6.70. The van der Waals surface area contributed by atoms with E-state index in [4.69, 9.17) is 16.3 Å². The number of aliphatic hydroxyl groups excluding tert-OH is 1. The van der Waals surface area contributed by atoms with Gasteiger partial charge in [0.2, 0.25) is 6.35 Å². The normalized spacial score (nSPS) is 18.9. The second-order valence-corrected chi connectivity index (χ2v) is 7.90. The third kappa shape index (κ3) is 3.84. The maximum atomic E-state index is 11.3. The molecule has 0 radical (unpaired) electrons. The van der Waals surface area contributed by atoms with Crippen LogP contribution in [-0.2, 0) is 0 Å². The van der Waals surface area contributed by atoms with Crippen LogP contribution in [-0.4, -0.2) is 63.6 Å². The maximum Gasteiger partial charge on any atom is 0.357 e. The molecule has 2 N–H and O–H groups in total. The lowest BCUT2D eigenvalue weighted by atomic mass is 10.1. The third-order valence-corrected chi connectivity index (χ3v) is 6.24. The van der Waals surface area contributed by atoms with E-state index in [1.807, 2.05) is 24.0 Å². The van der Waals surface area contributed by atoms with Gasteiger partial charge in [-0.15, -0.1) is 0 Å². The van der Waals surface area contributed by atoms with Crippen molar-refractivity contribution in [2.24, 2.45) is 0 Å². The van der Waals surface area contributed by atoms with E-state index in [-0.39, 0.29) is 11.7 Å². The zero-order chi connectivity index (χ0) is 20.6. The highest BCUT2D eigenvalue weighted by Gasteiger charge is 2.32. The van der Waals surface area contributed by atoms with Gasteiger partial charge in [-0.1, -0.05) is 11.6 Å². The van der Waals surface area contributed by atoms with E-state index in [1.165, 1.54) is 4.68 Å². The SMILES string of the molecule is COc1cc(N2CCN(C(O)n3nc(C(=O)O)c(Br)c3C)C(C)C2)ccc1Cl. The Kier molecular flexibility index (Phi) is 6.18. The minimum absolute atomic E-state index is 0.000997. The van der Waals surface area contributed by atoms with Crippen LogP contribution < -0.4 is 9.64 Å². The van der Waals surface area contributed by atoms with Crippen LogP contribution in [0.15, 0.2) is 22.7 Å². The number of carboxylic acids is 1. The van der Waals surface area contributed by atoms with Crippen LogP contribution in [0.4, 0.5) is 5.69 Å².